The zero-order chi connectivity index (χ0) is 14.0. The maximum absolute atomic E-state index is 12.0. The van der Waals surface area contributed by atoms with Crippen molar-refractivity contribution in [2.45, 2.75) is 32.5 Å². The zero-order valence-electron chi connectivity index (χ0n) is 11.9. The highest BCUT2D eigenvalue weighted by Gasteiger charge is 2.29. The molecule has 6 heteroatoms. The number of nitrogens with zero attached hydrogens (tertiary/aromatic N) is 3. The number of aryl methyl sites for hydroxylation is 1. The molecule has 1 fully saturated rings. The number of rotatable bonds is 1. The zero-order valence-corrected chi connectivity index (χ0v) is 11.9. The number of hydrogen-bond donors (Lipinski definition) is 0. The van der Waals surface area contributed by atoms with E-state index in [4.69, 9.17) is 9.47 Å². The van der Waals surface area contributed by atoms with Gasteiger partial charge in [0.15, 0.2) is 0 Å². The van der Waals surface area contributed by atoms with Crippen molar-refractivity contribution in [1.82, 2.24) is 14.5 Å². The van der Waals surface area contributed by atoms with Gasteiger partial charge in [-0.15, -0.1) is 0 Å². The summed E-state index contributed by atoms with van der Waals surface area (Å²) in [5, 5.41) is 0. The number of aromatic nitrogens is 2. The summed E-state index contributed by atoms with van der Waals surface area (Å²) in [5.41, 5.74) is 0.491. The van der Waals surface area contributed by atoms with Gasteiger partial charge in [-0.2, -0.15) is 0 Å². The first-order valence-corrected chi connectivity index (χ1v) is 6.42. The van der Waals surface area contributed by atoms with Crippen LogP contribution in [0.3, 0.4) is 0 Å². The van der Waals surface area contributed by atoms with Crippen LogP contribution in [0.2, 0.25) is 0 Å². The van der Waals surface area contributed by atoms with E-state index in [1.54, 1.807) is 17.4 Å². The van der Waals surface area contributed by atoms with Crippen molar-refractivity contribution < 1.29 is 14.3 Å². The van der Waals surface area contributed by atoms with Gasteiger partial charge >= 0.3 is 6.09 Å². The molecule has 1 aliphatic rings. The van der Waals surface area contributed by atoms with Gasteiger partial charge < -0.3 is 18.9 Å². The second-order valence-corrected chi connectivity index (χ2v) is 5.72. The van der Waals surface area contributed by atoms with Crippen LogP contribution in [-0.2, 0) is 16.5 Å². The van der Waals surface area contributed by atoms with Crippen LogP contribution < -0.4 is 0 Å². The molecule has 0 saturated carbocycles. The predicted octanol–water partition coefficient (Wildman–Crippen LogP) is 1.73. The first-order chi connectivity index (χ1) is 8.87. The SMILES string of the molecule is Cn1cncc1C1CN(C(=O)OC(C)(C)C)CCO1. The van der Waals surface area contributed by atoms with Crippen LogP contribution in [0.5, 0.6) is 0 Å². The maximum atomic E-state index is 12.0. The third-order valence-electron chi connectivity index (χ3n) is 2.90. The van der Waals surface area contributed by atoms with E-state index in [1.807, 2.05) is 32.4 Å². The van der Waals surface area contributed by atoms with Crippen LogP contribution in [0.25, 0.3) is 0 Å². The van der Waals surface area contributed by atoms with Crippen molar-refractivity contribution in [3.05, 3.63) is 18.2 Å². The highest BCUT2D eigenvalue weighted by Crippen LogP contribution is 2.22. The molecule has 0 aromatic carbocycles. The Morgan fingerprint density at radius 3 is 2.84 bits per heavy atom. The van der Waals surface area contributed by atoms with Crippen molar-refractivity contribution >= 4 is 6.09 Å². The number of hydrogen-bond acceptors (Lipinski definition) is 4. The standard InChI is InChI=1S/C13H21N3O3/c1-13(2,3)19-12(17)16-5-6-18-11(8-16)10-7-14-9-15(10)4/h7,9,11H,5-6,8H2,1-4H3. The molecular weight excluding hydrogens is 246 g/mol. The Hall–Kier alpha value is -1.56. The summed E-state index contributed by atoms with van der Waals surface area (Å²) in [7, 11) is 1.91. The van der Waals surface area contributed by atoms with Crippen molar-refractivity contribution in [2.24, 2.45) is 7.05 Å². The molecule has 0 N–H and O–H groups in total. The summed E-state index contributed by atoms with van der Waals surface area (Å²) in [4.78, 5) is 17.8. The molecule has 0 aliphatic carbocycles. The summed E-state index contributed by atoms with van der Waals surface area (Å²) in [5.74, 6) is 0. The normalized spacial score (nSPS) is 20.4. The number of carbonyl (C=O) groups excluding carboxylic acids is 1. The molecule has 2 rings (SSSR count). The van der Waals surface area contributed by atoms with E-state index in [2.05, 4.69) is 4.98 Å². The van der Waals surface area contributed by atoms with E-state index in [0.717, 1.165) is 5.69 Å². The minimum atomic E-state index is -0.475. The molecule has 1 saturated heterocycles. The summed E-state index contributed by atoms with van der Waals surface area (Å²) in [6.45, 7) is 7.16. The lowest BCUT2D eigenvalue weighted by molar-refractivity contribution is -0.0456. The van der Waals surface area contributed by atoms with Crippen LogP contribution in [0.15, 0.2) is 12.5 Å². The smallest absolute Gasteiger partial charge is 0.410 e. The third kappa shape index (κ3) is 3.47. The van der Waals surface area contributed by atoms with Crippen LogP contribution >= 0.6 is 0 Å². The van der Waals surface area contributed by atoms with E-state index < -0.39 is 5.60 Å². The number of carbonyl (C=O) groups is 1. The van der Waals surface area contributed by atoms with Gasteiger partial charge in [-0.05, 0) is 20.8 Å². The van der Waals surface area contributed by atoms with Crippen molar-refractivity contribution in [3.63, 3.8) is 0 Å². The summed E-state index contributed by atoms with van der Waals surface area (Å²) < 4.78 is 13.0. The second kappa shape index (κ2) is 5.21. The average Bonchev–Trinajstić information content (AvgIpc) is 2.73. The minimum Gasteiger partial charge on any atom is -0.444 e. The largest absolute Gasteiger partial charge is 0.444 e. The van der Waals surface area contributed by atoms with Gasteiger partial charge in [0, 0.05) is 13.6 Å². The third-order valence-corrected chi connectivity index (χ3v) is 2.90. The van der Waals surface area contributed by atoms with E-state index in [1.165, 1.54) is 0 Å². The molecule has 19 heavy (non-hydrogen) atoms. The Labute approximate surface area is 113 Å². The van der Waals surface area contributed by atoms with Gasteiger partial charge in [0.25, 0.3) is 0 Å². The van der Waals surface area contributed by atoms with Crippen LogP contribution in [0, 0.1) is 0 Å². The average molecular weight is 267 g/mol. The fourth-order valence-corrected chi connectivity index (χ4v) is 2.00. The number of ether oxygens (including phenoxy) is 2. The highest BCUT2D eigenvalue weighted by atomic mass is 16.6. The Balaban J connectivity index is 2.01. The lowest BCUT2D eigenvalue weighted by Crippen LogP contribution is -2.45. The van der Waals surface area contributed by atoms with Crippen molar-refractivity contribution in [3.8, 4) is 0 Å². The Morgan fingerprint density at radius 2 is 2.26 bits per heavy atom. The molecule has 1 atom stereocenters. The molecule has 1 aliphatic heterocycles. The second-order valence-electron chi connectivity index (χ2n) is 5.72. The molecule has 1 aromatic heterocycles. The number of morpholine rings is 1. The molecule has 1 unspecified atom stereocenters. The van der Waals surface area contributed by atoms with Gasteiger partial charge in [-0.1, -0.05) is 0 Å². The monoisotopic (exact) mass is 267 g/mol. The van der Waals surface area contributed by atoms with Crippen LogP contribution in [-0.4, -0.2) is 45.8 Å². The van der Waals surface area contributed by atoms with Crippen LogP contribution in [0.1, 0.15) is 32.6 Å². The van der Waals surface area contributed by atoms with E-state index in [-0.39, 0.29) is 12.2 Å². The molecule has 1 aromatic rings. The molecule has 0 spiro atoms. The van der Waals surface area contributed by atoms with Gasteiger partial charge in [0.2, 0.25) is 0 Å². The van der Waals surface area contributed by atoms with Crippen LogP contribution in [0.4, 0.5) is 4.79 Å². The van der Waals surface area contributed by atoms with Gasteiger partial charge in [-0.3, -0.25) is 0 Å². The molecule has 0 radical (unpaired) electrons. The van der Waals surface area contributed by atoms with E-state index in [9.17, 15) is 4.79 Å². The maximum Gasteiger partial charge on any atom is 0.410 e. The molecule has 106 valence electrons. The lowest BCUT2D eigenvalue weighted by atomic mass is 10.2. The summed E-state index contributed by atoms with van der Waals surface area (Å²) >= 11 is 0. The first-order valence-electron chi connectivity index (χ1n) is 6.42. The Bertz CT molecular complexity index is 450. The topological polar surface area (TPSA) is 56.6 Å². The molecule has 0 bridgehead atoms. The van der Waals surface area contributed by atoms with Crippen molar-refractivity contribution in [2.75, 3.05) is 19.7 Å². The van der Waals surface area contributed by atoms with E-state index in [0.29, 0.717) is 19.7 Å². The lowest BCUT2D eigenvalue weighted by Gasteiger charge is -2.34. The van der Waals surface area contributed by atoms with E-state index >= 15 is 0 Å². The molecule has 6 nitrogen and oxygen atoms in total. The number of amides is 1. The van der Waals surface area contributed by atoms with Gasteiger partial charge in [0.05, 0.1) is 31.4 Å². The summed E-state index contributed by atoms with van der Waals surface area (Å²) in [6.07, 6.45) is 3.06. The fraction of sp³-hybridized carbons (Fsp3) is 0.692. The van der Waals surface area contributed by atoms with Crippen molar-refractivity contribution in [1.29, 1.82) is 0 Å². The van der Waals surface area contributed by atoms with Gasteiger partial charge in [-0.25, -0.2) is 9.78 Å². The fourth-order valence-electron chi connectivity index (χ4n) is 2.00. The molecule has 1 amide bonds. The molecular formula is C13H21N3O3. The Kier molecular flexibility index (Phi) is 3.80. The predicted molar refractivity (Wildman–Crippen MR) is 69.7 cm³/mol. The highest BCUT2D eigenvalue weighted by molar-refractivity contribution is 5.68. The first kappa shape index (κ1) is 13.9. The molecule has 2 heterocycles. The number of imidazole rings is 1. The quantitative estimate of drug-likeness (QED) is 0.777. The van der Waals surface area contributed by atoms with Gasteiger partial charge in [0.1, 0.15) is 11.7 Å². The Morgan fingerprint density at radius 1 is 1.53 bits per heavy atom. The summed E-state index contributed by atoms with van der Waals surface area (Å²) in [6, 6.07) is 0. The minimum absolute atomic E-state index is 0.145.